The van der Waals surface area contributed by atoms with Gasteiger partial charge in [-0.05, 0) is 49.2 Å². The van der Waals surface area contributed by atoms with Gasteiger partial charge in [0, 0.05) is 16.4 Å². The minimum atomic E-state index is -0.658. The second-order valence-electron chi connectivity index (χ2n) is 4.55. The van der Waals surface area contributed by atoms with Crippen molar-refractivity contribution in [2.45, 2.75) is 13.8 Å². The summed E-state index contributed by atoms with van der Waals surface area (Å²) in [6.07, 6.45) is 0. The van der Waals surface area contributed by atoms with Crippen LogP contribution in [0, 0.1) is 19.7 Å². The highest BCUT2D eigenvalue weighted by molar-refractivity contribution is 6.30. The van der Waals surface area contributed by atoms with E-state index in [4.69, 9.17) is 17.3 Å². The summed E-state index contributed by atoms with van der Waals surface area (Å²) in [5.74, 6) is -1.19. The predicted molar refractivity (Wildman–Crippen MR) is 79.7 cm³/mol. The first-order chi connectivity index (χ1) is 9.40. The number of hydrogen-bond acceptors (Lipinski definition) is 2. The Morgan fingerprint density at radius 2 is 1.95 bits per heavy atom. The van der Waals surface area contributed by atoms with Crippen LogP contribution in [-0.4, -0.2) is 5.91 Å². The quantitative estimate of drug-likeness (QED) is 0.824. The molecule has 0 saturated carbocycles. The minimum Gasteiger partial charge on any atom is -0.398 e. The second kappa shape index (κ2) is 5.51. The number of amides is 1. The van der Waals surface area contributed by atoms with E-state index in [0.717, 1.165) is 17.2 Å². The molecule has 0 bridgehead atoms. The first kappa shape index (κ1) is 14.3. The van der Waals surface area contributed by atoms with Gasteiger partial charge in [-0.2, -0.15) is 0 Å². The van der Waals surface area contributed by atoms with Gasteiger partial charge in [-0.25, -0.2) is 4.39 Å². The molecule has 2 aromatic rings. The van der Waals surface area contributed by atoms with Crippen LogP contribution in [0.1, 0.15) is 21.5 Å². The number of nitrogens with one attached hydrogen (secondary N) is 1. The molecule has 0 aliphatic rings. The van der Waals surface area contributed by atoms with Crippen molar-refractivity contribution in [3.8, 4) is 0 Å². The van der Waals surface area contributed by atoms with E-state index in [1.165, 1.54) is 12.1 Å². The number of hydrogen-bond donors (Lipinski definition) is 2. The second-order valence-corrected chi connectivity index (χ2v) is 4.99. The molecule has 104 valence electrons. The van der Waals surface area contributed by atoms with Gasteiger partial charge in [0.25, 0.3) is 5.91 Å². The van der Waals surface area contributed by atoms with Crippen molar-refractivity contribution in [1.29, 1.82) is 0 Å². The first-order valence-electron chi connectivity index (χ1n) is 6.02. The number of nitrogens with two attached hydrogens (primary N) is 1. The monoisotopic (exact) mass is 292 g/mol. The Balaban J connectivity index is 2.35. The van der Waals surface area contributed by atoms with E-state index in [1.54, 1.807) is 19.1 Å². The van der Waals surface area contributed by atoms with Crippen LogP contribution in [0.25, 0.3) is 0 Å². The van der Waals surface area contributed by atoms with E-state index in [0.29, 0.717) is 11.4 Å². The average Bonchev–Trinajstić information content (AvgIpc) is 2.39. The lowest BCUT2D eigenvalue weighted by atomic mass is 10.1. The molecule has 0 aromatic heterocycles. The van der Waals surface area contributed by atoms with E-state index in [1.807, 2.05) is 6.92 Å². The third-order valence-electron chi connectivity index (χ3n) is 3.13. The lowest BCUT2D eigenvalue weighted by Gasteiger charge is -2.13. The fraction of sp³-hybridized carbons (Fsp3) is 0.133. The molecule has 1 amide bonds. The summed E-state index contributed by atoms with van der Waals surface area (Å²) in [6.45, 7) is 3.65. The largest absolute Gasteiger partial charge is 0.398 e. The van der Waals surface area contributed by atoms with Gasteiger partial charge in [0.2, 0.25) is 0 Å². The summed E-state index contributed by atoms with van der Waals surface area (Å²) >= 11 is 5.66. The van der Waals surface area contributed by atoms with E-state index < -0.39 is 11.7 Å². The highest BCUT2D eigenvalue weighted by atomic mass is 35.5. The van der Waals surface area contributed by atoms with Crippen LogP contribution in [0.2, 0.25) is 5.02 Å². The number of halogens is 2. The maximum Gasteiger partial charge on any atom is 0.258 e. The minimum absolute atomic E-state index is 0.0596. The lowest BCUT2D eigenvalue weighted by Crippen LogP contribution is -2.15. The molecule has 0 spiro atoms. The smallest absolute Gasteiger partial charge is 0.258 e. The van der Waals surface area contributed by atoms with Gasteiger partial charge in [-0.15, -0.1) is 0 Å². The molecule has 0 aliphatic heterocycles. The van der Waals surface area contributed by atoms with Crippen molar-refractivity contribution in [3.05, 3.63) is 57.9 Å². The topological polar surface area (TPSA) is 55.1 Å². The van der Waals surface area contributed by atoms with Crippen molar-refractivity contribution in [2.75, 3.05) is 11.1 Å². The molecule has 0 saturated heterocycles. The van der Waals surface area contributed by atoms with Gasteiger partial charge in [-0.3, -0.25) is 4.79 Å². The maximum atomic E-state index is 13.7. The average molecular weight is 293 g/mol. The van der Waals surface area contributed by atoms with Gasteiger partial charge in [-0.1, -0.05) is 17.7 Å². The molecule has 3 N–H and O–H groups in total. The van der Waals surface area contributed by atoms with Gasteiger partial charge in [0.05, 0.1) is 5.56 Å². The zero-order valence-corrected chi connectivity index (χ0v) is 11.9. The van der Waals surface area contributed by atoms with Crippen molar-refractivity contribution < 1.29 is 9.18 Å². The van der Waals surface area contributed by atoms with Crippen LogP contribution in [0.4, 0.5) is 15.8 Å². The SMILES string of the molecule is Cc1ccc(N)c(C)c1NC(=O)c1ccc(Cl)cc1F. The van der Waals surface area contributed by atoms with Crippen LogP contribution in [0.3, 0.4) is 0 Å². The van der Waals surface area contributed by atoms with E-state index in [2.05, 4.69) is 5.32 Å². The number of aryl methyl sites for hydroxylation is 1. The fourth-order valence-electron chi connectivity index (χ4n) is 1.91. The summed E-state index contributed by atoms with van der Waals surface area (Å²) in [5, 5.41) is 2.94. The Bertz CT molecular complexity index is 686. The molecular formula is C15H14ClFN2O. The van der Waals surface area contributed by atoms with Crippen molar-refractivity contribution >= 4 is 28.9 Å². The Kier molecular flexibility index (Phi) is 3.95. The summed E-state index contributed by atoms with van der Waals surface area (Å²) in [7, 11) is 0. The molecule has 0 atom stereocenters. The molecule has 0 heterocycles. The molecule has 0 aliphatic carbocycles. The third kappa shape index (κ3) is 2.75. The van der Waals surface area contributed by atoms with Crippen molar-refractivity contribution in [3.63, 3.8) is 0 Å². The Hall–Kier alpha value is -2.07. The molecule has 20 heavy (non-hydrogen) atoms. The zero-order chi connectivity index (χ0) is 14.9. The predicted octanol–water partition coefficient (Wildman–Crippen LogP) is 3.93. The molecule has 5 heteroatoms. The summed E-state index contributed by atoms with van der Waals surface area (Å²) in [4.78, 5) is 12.1. The Morgan fingerprint density at radius 1 is 1.25 bits per heavy atom. The van der Waals surface area contributed by atoms with E-state index >= 15 is 0 Å². The first-order valence-corrected chi connectivity index (χ1v) is 6.40. The van der Waals surface area contributed by atoms with Crippen LogP contribution in [0.5, 0.6) is 0 Å². The van der Waals surface area contributed by atoms with Gasteiger partial charge < -0.3 is 11.1 Å². The molecular weight excluding hydrogens is 279 g/mol. The number of carbonyl (C=O) groups is 1. The van der Waals surface area contributed by atoms with Crippen LogP contribution in [0.15, 0.2) is 30.3 Å². The van der Waals surface area contributed by atoms with Crippen LogP contribution >= 0.6 is 11.6 Å². The number of anilines is 2. The zero-order valence-electron chi connectivity index (χ0n) is 11.1. The van der Waals surface area contributed by atoms with Crippen LogP contribution in [-0.2, 0) is 0 Å². The highest BCUT2D eigenvalue weighted by Crippen LogP contribution is 2.26. The molecule has 3 nitrogen and oxygen atoms in total. The number of carbonyl (C=O) groups excluding carboxylic acids is 1. The number of rotatable bonds is 2. The maximum absolute atomic E-state index is 13.7. The van der Waals surface area contributed by atoms with E-state index in [9.17, 15) is 9.18 Å². The molecule has 2 aromatic carbocycles. The molecule has 0 fully saturated rings. The van der Waals surface area contributed by atoms with Crippen LogP contribution < -0.4 is 11.1 Å². The Labute approximate surface area is 121 Å². The molecule has 0 radical (unpaired) electrons. The molecule has 0 unspecified atom stereocenters. The highest BCUT2D eigenvalue weighted by Gasteiger charge is 2.15. The van der Waals surface area contributed by atoms with Gasteiger partial charge >= 0.3 is 0 Å². The van der Waals surface area contributed by atoms with Crippen molar-refractivity contribution in [2.24, 2.45) is 0 Å². The lowest BCUT2D eigenvalue weighted by molar-refractivity contribution is 0.102. The summed E-state index contributed by atoms with van der Waals surface area (Å²) in [6, 6.07) is 7.50. The third-order valence-corrected chi connectivity index (χ3v) is 3.36. The van der Waals surface area contributed by atoms with Gasteiger partial charge in [0.1, 0.15) is 5.82 Å². The Morgan fingerprint density at radius 3 is 2.60 bits per heavy atom. The summed E-state index contributed by atoms with van der Waals surface area (Å²) in [5.41, 5.74) is 8.54. The van der Waals surface area contributed by atoms with Gasteiger partial charge in [0.15, 0.2) is 0 Å². The number of benzene rings is 2. The molecule has 2 rings (SSSR count). The number of nitrogen functional groups attached to an aromatic ring is 1. The fourth-order valence-corrected chi connectivity index (χ4v) is 2.07. The summed E-state index contributed by atoms with van der Waals surface area (Å²) < 4.78 is 13.7. The standard InChI is InChI=1S/C15H14ClFN2O/c1-8-3-6-13(18)9(2)14(8)19-15(20)11-5-4-10(16)7-12(11)17/h3-7H,18H2,1-2H3,(H,19,20). The van der Waals surface area contributed by atoms with Crippen molar-refractivity contribution in [1.82, 2.24) is 0 Å². The van der Waals surface area contributed by atoms with E-state index in [-0.39, 0.29) is 10.6 Å². The normalized spacial score (nSPS) is 10.4.